The van der Waals surface area contributed by atoms with Crippen molar-refractivity contribution in [3.63, 3.8) is 0 Å². The summed E-state index contributed by atoms with van der Waals surface area (Å²) in [5.74, 6) is -0.451. The molecule has 3 aromatic rings. The summed E-state index contributed by atoms with van der Waals surface area (Å²) in [6.45, 7) is 4.47. The van der Waals surface area contributed by atoms with E-state index in [1.165, 1.54) is 6.20 Å². The van der Waals surface area contributed by atoms with Gasteiger partial charge in [-0.05, 0) is 67.8 Å². The van der Waals surface area contributed by atoms with E-state index in [0.29, 0.717) is 59.1 Å². The number of carbonyl (C=O) groups is 3. The van der Waals surface area contributed by atoms with Gasteiger partial charge in [-0.3, -0.25) is 24.3 Å². The van der Waals surface area contributed by atoms with E-state index in [9.17, 15) is 14.4 Å². The van der Waals surface area contributed by atoms with Crippen molar-refractivity contribution < 1.29 is 23.9 Å². The molecule has 3 amide bonds. The molecule has 214 valence electrons. The summed E-state index contributed by atoms with van der Waals surface area (Å²) in [7, 11) is 1.77. The Kier molecular flexibility index (Phi) is 8.91. The predicted octanol–water partition coefficient (Wildman–Crippen LogP) is 3.44. The number of primary amides is 1. The van der Waals surface area contributed by atoms with Gasteiger partial charge in [-0.25, -0.2) is 0 Å². The van der Waals surface area contributed by atoms with Crippen LogP contribution in [0.15, 0.2) is 60.8 Å². The van der Waals surface area contributed by atoms with Crippen LogP contribution in [0.25, 0.3) is 11.3 Å². The van der Waals surface area contributed by atoms with Crippen LogP contribution < -0.4 is 15.8 Å². The molecule has 1 aliphatic carbocycles. The summed E-state index contributed by atoms with van der Waals surface area (Å²) in [6, 6.07) is 15.2. The molecule has 1 aliphatic heterocycles. The molecule has 2 heterocycles. The Balaban J connectivity index is 1.33. The number of hydrogen-bond donors (Lipinski definition) is 2. The molecule has 10 heteroatoms. The van der Waals surface area contributed by atoms with Gasteiger partial charge in [0.15, 0.2) is 0 Å². The van der Waals surface area contributed by atoms with Crippen molar-refractivity contribution in [2.24, 2.45) is 5.73 Å². The van der Waals surface area contributed by atoms with E-state index in [4.69, 9.17) is 15.2 Å². The Morgan fingerprint density at radius 1 is 1.05 bits per heavy atom. The summed E-state index contributed by atoms with van der Waals surface area (Å²) in [5.41, 5.74) is 8.13. The van der Waals surface area contributed by atoms with Crippen LogP contribution in [0.2, 0.25) is 0 Å². The highest BCUT2D eigenvalue weighted by Gasteiger charge is 2.21. The molecule has 1 saturated carbocycles. The van der Waals surface area contributed by atoms with Gasteiger partial charge in [0.05, 0.1) is 30.7 Å². The fourth-order valence-corrected chi connectivity index (χ4v) is 4.76. The summed E-state index contributed by atoms with van der Waals surface area (Å²) in [6.07, 6.45) is 4.81. The van der Waals surface area contributed by atoms with Gasteiger partial charge in [0.2, 0.25) is 5.91 Å². The number of hydrogen-bond acceptors (Lipinski definition) is 7. The number of nitrogens with two attached hydrogens (primary N) is 1. The third kappa shape index (κ3) is 7.08. The zero-order valence-corrected chi connectivity index (χ0v) is 23.2. The monoisotopic (exact) mass is 557 g/mol. The average molecular weight is 558 g/mol. The number of aromatic nitrogens is 1. The highest BCUT2D eigenvalue weighted by molar-refractivity contribution is 6.08. The van der Waals surface area contributed by atoms with E-state index < -0.39 is 5.91 Å². The number of nitrogens with zero attached hydrogens (tertiary/aromatic N) is 3. The molecule has 2 aliphatic rings. The number of pyridine rings is 1. The summed E-state index contributed by atoms with van der Waals surface area (Å²) >= 11 is 0. The van der Waals surface area contributed by atoms with Crippen LogP contribution in [0, 0.1) is 0 Å². The largest absolute Gasteiger partial charge is 0.490 e. The molecule has 1 aromatic heterocycles. The molecule has 5 rings (SSSR count). The topological polar surface area (TPSA) is 127 Å². The molecule has 2 aromatic carbocycles. The number of rotatable bonds is 10. The lowest BCUT2D eigenvalue weighted by Gasteiger charge is -2.28. The minimum absolute atomic E-state index is 0.154. The van der Waals surface area contributed by atoms with E-state index in [1.807, 2.05) is 6.07 Å². The molecule has 0 unspecified atom stereocenters. The maximum Gasteiger partial charge on any atom is 0.255 e. The highest BCUT2D eigenvalue weighted by atomic mass is 16.5. The quantitative estimate of drug-likeness (QED) is 0.391. The summed E-state index contributed by atoms with van der Waals surface area (Å²) in [5, 5.41) is 2.95. The zero-order chi connectivity index (χ0) is 28.8. The maximum absolute atomic E-state index is 13.4. The summed E-state index contributed by atoms with van der Waals surface area (Å²) < 4.78 is 11.5. The van der Waals surface area contributed by atoms with Crippen LogP contribution in [0.3, 0.4) is 0 Å². The second-order valence-corrected chi connectivity index (χ2v) is 10.4. The van der Waals surface area contributed by atoms with Crippen molar-refractivity contribution >= 4 is 23.4 Å². The number of morpholine rings is 1. The predicted molar refractivity (Wildman–Crippen MR) is 155 cm³/mol. The first-order valence-electron chi connectivity index (χ1n) is 13.9. The number of benzene rings is 2. The SMILES string of the molecule is CN(CCN1CCOCC1)C(=O)c1cccc(C(=O)Nc2ccc(OC3CCC3)cc2-c2cc(C(N)=O)ccn2)c1. The van der Waals surface area contributed by atoms with Crippen LogP contribution >= 0.6 is 0 Å². The van der Waals surface area contributed by atoms with Crippen molar-refractivity contribution in [2.45, 2.75) is 25.4 Å². The van der Waals surface area contributed by atoms with E-state index >= 15 is 0 Å². The first-order valence-corrected chi connectivity index (χ1v) is 13.9. The Morgan fingerprint density at radius 3 is 2.56 bits per heavy atom. The number of ether oxygens (including phenoxy) is 2. The molecule has 0 atom stereocenters. The van der Waals surface area contributed by atoms with Gasteiger partial charge in [0.1, 0.15) is 5.75 Å². The summed E-state index contributed by atoms with van der Waals surface area (Å²) in [4.78, 5) is 46.7. The van der Waals surface area contributed by atoms with E-state index in [0.717, 1.165) is 38.9 Å². The third-order valence-electron chi connectivity index (χ3n) is 7.49. The van der Waals surface area contributed by atoms with Gasteiger partial charge in [-0.1, -0.05) is 6.07 Å². The van der Waals surface area contributed by atoms with Gasteiger partial charge in [0.25, 0.3) is 11.8 Å². The number of anilines is 1. The van der Waals surface area contributed by atoms with Gasteiger partial charge in [-0.15, -0.1) is 0 Å². The Hall–Kier alpha value is -4.28. The van der Waals surface area contributed by atoms with Crippen molar-refractivity contribution in [3.05, 3.63) is 77.5 Å². The number of likely N-dealkylation sites (N-methyl/N-ethyl adjacent to an activating group) is 1. The van der Waals surface area contributed by atoms with Crippen LogP contribution in [0.4, 0.5) is 5.69 Å². The fourth-order valence-electron chi connectivity index (χ4n) is 4.76. The lowest BCUT2D eigenvalue weighted by atomic mass is 9.96. The van der Waals surface area contributed by atoms with Crippen LogP contribution in [0.5, 0.6) is 5.75 Å². The normalized spacial score (nSPS) is 15.5. The van der Waals surface area contributed by atoms with Crippen molar-refractivity contribution in [1.82, 2.24) is 14.8 Å². The average Bonchev–Trinajstić information content (AvgIpc) is 2.98. The molecule has 0 spiro atoms. The fraction of sp³-hybridized carbons (Fsp3) is 0.355. The van der Waals surface area contributed by atoms with E-state index in [-0.39, 0.29) is 17.9 Å². The second kappa shape index (κ2) is 12.9. The highest BCUT2D eigenvalue weighted by Crippen LogP contribution is 2.34. The molecular formula is C31H35N5O5. The maximum atomic E-state index is 13.4. The lowest BCUT2D eigenvalue weighted by Crippen LogP contribution is -2.41. The smallest absolute Gasteiger partial charge is 0.255 e. The second-order valence-electron chi connectivity index (χ2n) is 10.4. The molecule has 0 radical (unpaired) electrons. The molecule has 0 bridgehead atoms. The van der Waals surface area contributed by atoms with Gasteiger partial charge in [-0.2, -0.15) is 0 Å². The first-order chi connectivity index (χ1) is 19.9. The van der Waals surface area contributed by atoms with Crippen molar-refractivity contribution in [1.29, 1.82) is 0 Å². The van der Waals surface area contributed by atoms with Crippen LogP contribution in [-0.4, -0.2) is 85.0 Å². The van der Waals surface area contributed by atoms with Crippen LogP contribution in [0.1, 0.15) is 50.3 Å². The lowest BCUT2D eigenvalue weighted by molar-refractivity contribution is 0.0338. The minimum Gasteiger partial charge on any atom is -0.490 e. The molecule has 3 N–H and O–H groups in total. The molecular weight excluding hydrogens is 522 g/mol. The van der Waals surface area contributed by atoms with E-state index in [1.54, 1.807) is 60.5 Å². The first kappa shape index (κ1) is 28.3. The number of nitrogens with one attached hydrogen (secondary N) is 1. The molecule has 10 nitrogen and oxygen atoms in total. The van der Waals surface area contributed by atoms with Gasteiger partial charge < -0.3 is 25.4 Å². The third-order valence-corrected chi connectivity index (χ3v) is 7.49. The zero-order valence-electron chi connectivity index (χ0n) is 23.2. The molecule has 2 fully saturated rings. The van der Waals surface area contributed by atoms with Gasteiger partial charge in [0, 0.05) is 61.7 Å². The molecule has 1 saturated heterocycles. The van der Waals surface area contributed by atoms with E-state index in [2.05, 4.69) is 15.2 Å². The number of carbonyl (C=O) groups excluding carboxylic acids is 3. The Morgan fingerprint density at radius 2 is 1.83 bits per heavy atom. The Bertz CT molecular complexity index is 1420. The minimum atomic E-state index is -0.572. The Labute approximate surface area is 239 Å². The standard InChI is InChI=1S/C31H35N5O5/c1-35(12-13-36-14-16-40-17-15-36)31(39)23-5-2-4-22(18-23)30(38)34-27-9-8-25(41-24-6-3-7-24)20-26(27)28-19-21(29(32)37)10-11-33-28/h2,4-5,8-11,18-20,24H,3,6-7,12-17H2,1H3,(H2,32,37)(H,34,38). The molecule has 41 heavy (non-hydrogen) atoms. The number of amides is 3. The van der Waals surface area contributed by atoms with Crippen molar-refractivity contribution in [3.8, 4) is 17.0 Å². The van der Waals surface area contributed by atoms with Crippen LogP contribution in [-0.2, 0) is 4.74 Å². The van der Waals surface area contributed by atoms with Crippen molar-refractivity contribution in [2.75, 3.05) is 51.8 Å². The van der Waals surface area contributed by atoms with Gasteiger partial charge >= 0.3 is 0 Å².